The highest BCUT2D eigenvalue weighted by Crippen LogP contribution is 2.30. The molecule has 3 aromatic heterocycles. The molecule has 0 spiro atoms. The molecule has 0 bridgehead atoms. The molecular weight excluding hydrogens is 460 g/mol. The Hall–Kier alpha value is -3.80. The molecule has 11 heteroatoms. The number of benzene rings is 1. The van der Waals surface area contributed by atoms with E-state index in [1.54, 1.807) is 18.5 Å². The molecule has 5 heterocycles. The molecule has 0 radical (unpaired) electrons. The van der Waals surface area contributed by atoms with Crippen molar-refractivity contribution in [3.05, 3.63) is 66.5 Å². The van der Waals surface area contributed by atoms with Crippen molar-refractivity contribution in [2.75, 3.05) is 13.2 Å². The monoisotopic (exact) mass is 479 g/mol. The molecule has 2 fully saturated rings. The van der Waals surface area contributed by atoms with Crippen molar-refractivity contribution in [2.24, 2.45) is 0 Å². The fourth-order valence-corrected chi connectivity index (χ4v) is 4.16. The van der Waals surface area contributed by atoms with Crippen molar-refractivity contribution in [2.45, 2.75) is 24.4 Å². The molecule has 2 N–H and O–H groups in total. The number of pyridine rings is 2. The van der Waals surface area contributed by atoms with E-state index in [0.717, 1.165) is 17.7 Å². The highest BCUT2D eigenvalue weighted by molar-refractivity contribution is 5.64. The molecule has 6 rings (SSSR count). The van der Waals surface area contributed by atoms with E-state index in [0.29, 0.717) is 41.0 Å². The number of aromatic nitrogens is 5. The summed E-state index contributed by atoms with van der Waals surface area (Å²) < 4.78 is 43.7. The maximum Gasteiger partial charge on any atom is 0.213 e. The third-order valence-electron chi connectivity index (χ3n) is 5.99. The Morgan fingerprint density at radius 3 is 2.46 bits per heavy atom. The minimum Gasteiger partial charge on any atom is -0.469 e. The first-order chi connectivity index (χ1) is 17.0. The normalized spacial score (nSPS) is 23.4. The quantitative estimate of drug-likeness (QED) is 0.449. The molecule has 2 saturated heterocycles. The van der Waals surface area contributed by atoms with Gasteiger partial charge in [-0.15, -0.1) is 0 Å². The first kappa shape index (κ1) is 21.7. The highest BCUT2D eigenvalue weighted by atomic mass is 19.2. The predicted octanol–water partition coefficient (Wildman–Crippen LogP) is 2.78. The Morgan fingerprint density at radius 1 is 0.886 bits per heavy atom. The van der Waals surface area contributed by atoms with Crippen molar-refractivity contribution in [1.82, 2.24) is 25.1 Å². The maximum atomic E-state index is 13.5. The van der Waals surface area contributed by atoms with E-state index in [1.807, 2.05) is 18.2 Å². The van der Waals surface area contributed by atoms with Gasteiger partial charge < -0.3 is 19.3 Å². The summed E-state index contributed by atoms with van der Waals surface area (Å²) in [5.74, 6) is -0.759. The number of aliphatic hydroxyl groups excluding tert-OH is 1. The second-order valence-corrected chi connectivity index (χ2v) is 8.27. The standard InChI is InChI=1S/C24H19F2N5O4/c25-15-4-1-12(7-16(15)26)23-29-24(31-30-23)14-2-5-17(27-9-14)13-3-6-20(28-8-13)35-19-11-34-21-18(32)10-33-22(19)21/h1-9,18-19,21-22,32H,10-11H2,(H,29,30,31)/t18-,19+,21-,22-/m1/s1. The summed E-state index contributed by atoms with van der Waals surface area (Å²) in [4.78, 5) is 13.2. The lowest BCUT2D eigenvalue weighted by atomic mass is 10.1. The number of fused-ring (bicyclic) bond motifs is 1. The van der Waals surface area contributed by atoms with E-state index >= 15 is 0 Å². The topological polar surface area (TPSA) is 115 Å². The largest absolute Gasteiger partial charge is 0.469 e. The summed E-state index contributed by atoms with van der Waals surface area (Å²) in [7, 11) is 0. The van der Waals surface area contributed by atoms with Crippen molar-refractivity contribution < 1.29 is 28.1 Å². The number of H-pyrrole nitrogens is 1. The maximum absolute atomic E-state index is 13.5. The number of halogens is 2. The number of ether oxygens (including phenoxy) is 3. The zero-order valence-corrected chi connectivity index (χ0v) is 18.1. The average Bonchev–Trinajstić information content (AvgIpc) is 3.61. The van der Waals surface area contributed by atoms with Gasteiger partial charge in [0.2, 0.25) is 5.88 Å². The molecule has 0 saturated carbocycles. The van der Waals surface area contributed by atoms with Crippen LogP contribution in [0.25, 0.3) is 34.0 Å². The SMILES string of the molecule is O[C@@H]1CO[C@H]2[C@@H]1OC[C@@H]2Oc1ccc(-c2ccc(-c3n[nH]c(-c4ccc(F)c(F)c4)n3)cn2)cn1. The van der Waals surface area contributed by atoms with Crippen LogP contribution in [0, 0.1) is 11.6 Å². The van der Waals surface area contributed by atoms with Crippen LogP contribution in [0.4, 0.5) is 8.78 Å². The van der Waals surface area contributed by atoms with Gasteiger partial charge in [0.15, 0.2) is 29.4 Å². The van der Waals surface area contributed by atoms with Gasteiger partial charge in [0.1, 0.15) is 18.3 Å². The molecular formula is C24H19F2N5O4. The molecule has 2 aliphatic rings. The number of rotatable bonds is 5. The number of nitrogens with one attached hydrogen (secondary N) is 1. The van der Waals surface area contributed by atoms with Crippen molar-refractivity contribution in [3.63, 3.8) is 0 Å². The van der Waals surface area contributed by atoms with Crippen LogP contribution in [0.15, 0.2) is 54.9 Å². The summed E-state index contributed by atoms with van der Waals surface area (Å²) in [6, 6.07) is 10.7. The average molecular weight is 479 g/mol. The summed E-state index contributed by atoms with van der Waals surface area (Å²) in [6.45, 7) is 0.570. The van der Waals surface area contributed by atoms with E-state index < -0.39 is 17.7 Å². The van der Waals surface area contributed by atoms with Crippen LogP contribution in [-0.4, -0.2) is 67.9 Å². The fourth-order valence-electron chi connectivity index (χ4n) is 4.16. The molecule has 2 aliphatic heterocycles. The van der Waals surface area contributed by atoms with Crippen molar-refractivity contribution in [3.8, 4) is 39.9 Å². The van der Waals surface area contributed by atoms with Crippen LogP contribution in [0.2, 0.25) is 0 Å². The van der Waals surface area contributed by atoms with Gasteiger partial charge in [0.05, 0.1) is 18.9 Å². The van der Waals surface area contributed by atoms with Crippen molar-refractivity contribution >= 4 is 0 Å². The number of aliphatic hydroxyl groups is 1. The molecule has 0 amide bonds. The third kappa shape index (κ3) is 4.14. The molecule has 35 heavy (non-hydrogen) atoms. The second kappa shape index (κ2) is 8.77. The molecule has 0 aliphatic carbocycles. The van der Waals surface area contributed by atoms with Crippen LogP contribution in [0.5, 0.6) is 5.88 Å². The van der Waals surface area contributed by atoms with E-state index in [1.165, 1.54) is 6.07 Å². The van der Waals surface area contributed by atoms with Gasteiger partial charge in [0, 0.05) is 35.2 Å². The number of hydrogen-bond donors (Lipinski definition) is 2. The Bertz CT molecular complexity index is 1350. The van der Waals surface area contributed by atoms with Crippen LogP contribution in [-0.2, 0) is 9.47 Å². The van der Waals surface area contributed by atoms with E-state index in [9.17, 15) is 13.9 Å². The minimum atomic E-state index is -0.956. The van der Waals surface area contributed by atoms with Gasteiger partial charge in [-0.3, -0.25) is 10.1 Å². The number of hydrogen-bond acceptors (Lipinski definition) is 8. The molecule has 9 nitrogen and oxygen atoms in total. The predicted molar refractivity (Wildman–Crippen MR) is 118 cm³/mol. The third-order valence-corrected chi connectivity index (χ3v) is 5.99. The first-order valence-electron chi connectivity index (χ1n) is 10.9. The summed E-state index contributed by atoms with van der Waals surface area (Å²) in [5, 5.41) is 16.7. The lowest BCUT2D eigenvalue weighted by molar-refractivity contribution is 0.00780. The Labute approximate surface area is 197 Å². The smallest absolute Gasteiger partial charge is 0.213 e. The minimum absolute atomic E-state index is 0.239. The first-order valence-corrected chi connectivity index (χ1v) is 10.9. The van der Waals surface area contributed by atoms with Crippen LogP contribution in [0.1, 0.15) is 0 Å². The van der Waals surface area contributed by atoms with E-state index in [-0.39, 0.29) is 24.9 Å². The fraction of sp³-hybridized carbons (Fsp3) is 0.250. The summed E-state index contributed by atoms with van der Waals surface area (Å²) in [5.41, 5.74) is 2.52. The van der Waals surface area contributed by atoms with Crippen LogP contribution in [0.3, 0.4) is 0 Å². The Kier molecular flexibility index (Phi) is 5.44. The van der Waals surface area contributed by atoms with Gasteiger partial charge in [-0.05, 0) is 36.4 Å². The molecule has 0 unspecified atom stereocenters. The Balaban J connectivity index is 1.14. The second-order valence-electron chi connectivity index (χ2n) is 8.27. The van der Waals surface area contributed by atoms with Crippen molar-refractivity contribution in [1.29, 1.82) is 0 Å². The zero-order chi connectivity index (χ0) is 23.9. The molecule has 4 atom stereocenters. The van der Waals surface area contributed by atoms with Crippen LogP contribution >= 0.6 is 0 Å². The summed E-state index contributed by atoms with van der Waals surface area (Å²) >= 11 is 0. The van der Waals surface area contributed by atoms with Gasteiger partial charge in [0.25, 0.3) is 0 Å². The van der Waals surface area contributed by atoms with Gasteiger partial charge in [-0.2, -0.15) is 5.10 Å². The number of nitrogens with zero attached hydrogens (tertiary/aromatic N) is 4. The molecule has 1 aromatic carbocycles. The van der Waals surface area contributed by atoms with Crippen LogP contribution < -0.4 is 4.74 Å². The van der Waals surface area contributed by atoms with Gasteiger partial charge >= 0.3 is 0 Å². The lowest BCUT2D eigenvalue weighted by Crippen LogP contribution is -2.34. The van der Waals surface area contributed by atoms with E-state index in [2.05, 4.69) is 25.1 Å². The van der Waals surface area contributed by atoms with Gasteiger partial charge in [-0.25, -0.2) is 18.7 Å². The highest BCUT2D eigenvalue weighted by Gasteiger charge is 2.48. The lowest BCUT2D eigenvalue weighted by Gasteiger charge is -2.17. The number of aromatic amines is 1. The molecule has 4 aromatic rings. The van der Waals surface area contributed by atoms with E-state index in [4.69, 9.17) is 14.2 Å². The van der Waals surface area contributed by atoms with Gasteiger partial charge in [-0.1, -0.05) is 0 Å². The zero-order valence-electron chi connectivity index (χ0n) is 18.1. The summed E-state index contributed by atoms with van der Waals surface area (Å²) in [6.07, 6.45) is 1.65. The Morgan fingerprint density at radius 2 is 1.69 bits per heavy atom. The molecule has 178 valence electrons.